The number of ketones is 1. The fraction of sp³-hybridized carbons (Fsp3) is 0.385. The van der Waals surface area contributed by atoms with Crippen molar-refractivity contribution < 1.29 is 9.53 Å². The number of carbonyl (C=O) groups is 1. The van der Waals surface area contributed by atoms with E-state index in [9.17, 15) is 4.79 Å². The molecule has 1 aromatic heterocycles. The molecule has 3 aromatic rings. The number of fused-ring (bicyclic) bond motifs is 1. The molecular formula is C26H30N2O2. The molecule has 156 valence electrons. The van der Waals surface area contributed by atoms with Gasteiger partial charge in [0, 0.05) is 34.6 Å². The third kappa shape index (κ3) is 4.71. The summed E-state index contributed by atoms with van der Waals surface area (Å²) in [7, 11) is 0. The molecule has 1 aliphatic heterocycles. The van der Waals surface area contributed by atoms with E-state index in [1.54, 1.807) is 6.20 Å². The van der Waals surface area contributed by atoms with Gasteiger partial charge in [-0.25, -0.2) is 0 Å². The molecule has 0 radical (unpaired) electrons. The summed E-state index contributed by atoms with van der Waals surface area (Å²) in [4.78, 5) is 17.3. The van der Waals surface area contributed by atoms with Gasteiger partial charge in [0.25, 0.3) is 0 Å². The maximum Gasteiger partial charge on any atom is 0.163 e. The van der Waals surface area contributed by atoms with Crippen molar-refractivity contribution in [2.24, 2.45) is 5.92 Å². The molecule has 1 saturated heterocycles. The van der Waals surface area contributed by atoms with Crippen LogP contribution in [0, 0.1) is 5.92 Å². The number of nitrogens with zero attached hydrogens (tertiary/aromatic N) is 1. The first kappa shape index (κ1) is 20.5. The SMILES string of the molecule is CC1(C)CC(CC(=O)c2ccc(Oc3cccc4ncccc34)cc2)CC(C)(C)N1. The molecule has 0 bridgehead atoms. The molecule has 0 unspecified atom stereocenters. The number of Topliss-reactive ketones (excluding diaryl/α,β-unsaturated/α-hetero) is 1. The molecule has 1 aliphatic rings. The summed E-state index contributed by atoms with van der Waals surface area (Å²) in [6, 6.07) is 17.2. The first-order chi connectivity index (χ1) is 14.2. The van der Waals surface area contributed by atoms with Crippen LogP contribution in [0.1, 0.15) is 57.3 Å². The Kier molecular flexibility index (Phi) is 5.37. The van der Waals surface area contributed by atoms with Crippen molar-refractivity contribution in [1.82, 2.24) is 10.3 Å². The van der Waals surface area contributed by atoms with Gasteiger partial charge >= 0.3 is 0 Å². The van der Waals surface area contributed by atoms with Gasteiger partial charge in [0.15, 0.2) is 5.78 Å². The Labute approximate surface area is 178 Å². The lowest BCUT2D eigenvalue weighted by atomic mass is 9.74. The van der Waals surface area contributed by atoms with Crippen molar-refractivity contribution >= 4 is 16.7 Å². The summed E-state index contributed by atoms with van der Waals surface area (Å²) in [5.41, 5.74) is 1.75. The van der Waals surface area contributed by atoms with E-state index in [1.807, 2.05) is 54.6 Å². The lowest BCUT2D eigenvalue weighted by Crippen LogP contribution is -2.57. The fourth-order valence-electron chi connectivity index (χ4n) is 5.06. The number of nitrogens with one attached hydrogen (secondary N) is 1. The van der Waals surface area contributed by atoms with E-state index in [-0.39, 0.29) is 16.9 Å². The first-order valence-corrected chi connectivity index (χ1v) is 10.7. The van der Waals surface area contributed by atoms with Crippen LogP contribution in [-0.2, 0) is 0 Å². The summed E-state index contributed by atoms with van der Waals surface area (Å²) >= 11 is 0. The van der Waals surface area contributed by atoms with Crippen molar-refractivity contribution in [2.45, 2.75) is 58.0 Å². The van der Waals surface area contributed by atoms with E-state index in [0.717, 1.165) is 35.1 Å². The van der Waals surface area contributed by atoms with Gasteiger partial charge in [-0.3, -0.25) is 9.78 Å². The highest BCUT2D eigenvalue weighted by Gasteiger charge is 2.38. The monoisotopic (exact) mass is 402 g/mol. The second kappa shape index (κ2) is 7.84. The zero-order valence-electron chi connectivity index (χ0n) is 18.2. The first-order valence-electron chi connectivity index (χ1n) is 10.7. The molecule has 0 saturated carbocycles. The number of ether oxygens (including phenoxy) is 1. The van der Waals surface area contributed by atoms with E-state index in [4.69, 9.17) is 4.74 Å². The van der Waals surface area contributed by atoms with Crippen molar-refractivity contribution in [2.75, 3.05) is 0 Å². The Morgan fingerprint density at radius 2 is 1.70 bits per heavy atom. The van der Waals surface area contributed by atoms with Gasteiger partial charge in [0.2, 0.25) is 0 Å². The quantitative estimate of drug-likeness (QED) is 0.520. The van der Waals surface area contributed by atoms with Crippen LogP contribution in [0.5, 0.6) is 11.5 Å². The predicted molar refractivity (Wildman–Crippen MR) is 121 cm³/mol. The second-order valence-electron chi connectivity index (χ2n) is 9.75. The minimum Gasteiger partial charge on any atom is -0.457 e. The normalized spacial score (nSPS) is 18.3. The van der Waals surface area contributed by atoms with E-state index in [0.29, 0.717) is 18.1 Å². The van der Waals surface area contributed by atoms with Crippen LogP contribution < -0.4 is 10.1 Å². The van der Waals surface area contributed by atoms with Gasteiger partial charge in [-0.15, -0.1) is 0 Å². The number of piperidine rings is 1. The maximum atomic E-state index is 12.9. The van der Waals surface area contributed by atoms with E-state index >= 15 is 0 Å². The van der Waals surface area contributed by atoms with Gasteiger partial charge in [-0.05, 0) is 95.0 Å². The third-order valence-corrected chi connectivity index (χ3v) is 5.76. The second-order valence-corrected chi connectivity index (χ2v) is 9.75. The molecule has 0 spiro atoms. The van der Waals surface area contributed by atoms with Crippen molar-refractivity contribution in [1.29, 1.82) is 0 Å². The number of pyridine rings is 1. The van der Waals surface area contributed by atoms with Crippen LogP contribution in [0.25, 0.3) is 10.9 Å². The Bertz CT molecular complexity index is 1030. The Morgan fingerprint density at radius 3 is 2.40 bits per heavy atom. The van der Waals surface area contributed by atoms with Crippen LogP contribution in [0.2, 0.25) is 0 Å². The van der Waals surface area contributed by atoms with Gasteiger partial charge in [0.1, 0.15) is 11.5 Å². The van der Waals surface area contributed by atoms with Gasteiger partial charge in [-0.2, -0.15) is 0 Å². The average molecular weight is 403 g/mol. The topological polar surface area (TPSA) is 51.2 Å². The van der Waals surface area contributed by atoms with Crippen molar-refractivity contribution in [3.8, 4) is 11.5 Å². The molecule has 30 heavy (non-hydrogen) atoms. The zero-order valence-corrected chi connectivity index (χ0v) is 18.2. The third-order valence-electron chi connectivity index (χ3n) is 5.76. The molecule has 1 N–H and O–H groups in total. The molecular weight excluding hydrogens is 372 g/mol. The lowest BCUT2D eigenvalue weighted by Gasteiger charge is -2.46. The van der Waals surface area contributed by atoms with E-state index in [2.05, 4.69) is 38.0 Å². The lowest BCUT2D eigenvalue weighted by molar-refractivity contribution is 0.0864. The molecule has 4 nitrogen and oxygen atoms in total. The van der Waals surface area contributed by atoms with Gasteiger partial charge in [-0.1, -0.05) is 6.07 Å². The summed E-state index contributed by atoms with van der Waals surface area (Å²) in [5.74, 6) is 2.07. The Balaban J connectivity index is 1.45. The summed E-state index contributed by atoms with van der Waals surface area (Å²) in [6.07, 6.45) is 4.39. The number of hydrogen-bond acceptors (Lipinski definition) is 4. The van der Waals surface area contributed by atoms with E-state index in [1.165, 1.54) is 0 Å². The van der Waals surface area contributed by atoms with Crippen LogP contribution in [0.4, 0.5) is 0 Å². The fourth-order valence-corrected chi connectivity index (χ4v) is 5.06. The number of aromatic nitrogens is 1. The smallest absolute Gasteiger partial charge is 0.163 e. The van der Waals surface area contributed by atoms with Crippen LogP contribution >= 0.6 is 0 Å². The maximum absolute atomic E-state index is 12.9. The molecule has 2 heterocycles. The number of hydrogen-bond donors (Lipinski definition) is 1. The zero-order chi connectivity index (χ0) is 21.4. The number of rotatable bonds is 5. The van der Waals surface area contributed by atoms with Gasteiger partial charge in [0.05, 0.1) is 5.52 Å². The van der Waals surface area contributed by atoms with Crippen molar-refractivity contribution in [3.05, 3.63) is 66.4 Å². The molecule has 4 rings (SSSR count). The van der Waals surface area contributed by atoms with Crippen LogP contribution in [0.15, 0.2) is 60.8 Å². The molecule has 2 aromatic carbocycles. The molecule has 0 atom stereocenters. The highest BCUT2D eigenvalue weighted by molar-refractivity contribution is 5.96. The molecule has 0 amide bonds. The molecule has 0 aliphatic carbocycles. The summed E-state index contributed by atoms with van der Waals surface area (Å²) in [5, 5.41) is 4.65. The average Bonchev–Trinajstić information content (AvgIpc) is 2.66. The largest absolute Gasteiger partial charge is 0.457 e. The number of carbonyl (C=O) groups excluding carboxylic acids is 1. The van der Waals surface area contributed by atoms with Crippen molar-refractivity contribution in [3.63, 3.8) is 0 Å². The molecule has 4 heteroatoms. The standard InChI is InChI=1S/C26H30N2O2/c1-25(2)16-18(17-26(3,4)28-25)15-23(29)19-10-12-20(13-11-19)30-24-9-5-8-22-21(24)7-6-14-27-22/h5-14,18,28H,15-17H2,1-4H3. The van der Waals surface area contributed by atoms with Crippen LogP contribution in [0.3, 0.4) is 0 Å². The summed E-state index contributed by atoms with van der Waals surface area (Å²) < 4.78 is 6.07. The number of benzene rings is 2. The predicted octanol–water partition coefficient (Wildman–Crippen LogP) is 6.16. The molecule has 1 fully saturated rings. The Hall–Kier alpha value is -2.72. The highest BCUT2D eigenvalue weighted by Crippen LogP contribution is 2.35. The highest BCUT2D eigenvalue weighted by atomic mass is 16.5. The van der Waals surface area contributed by atoms with Crippen LogP contribution in [-0.4, -0.2) is 21.8 Å². The minimum atomic E-state index is 0.0533. The van der Waals surface area contributed by atoms with E-state index < -0.39 is 0 Å². The van der Waals surface area contributed by atoms with Gasteiger partial charge < -0.3 is 10.1 Å². The summed E-state index contributed by atoms with van der Waals surface area (Å²) in [6.45, 7) is 8.89. The minimum absolute atomic E-state index is 0.0533. The Morgan fingerprint density at radius 1 is 1.00 bits per heavy atom.